The summed E-state index contributed by atoms with van der Waals surface area (Å²) in [7, 11) is -3.34. The zero-order valence-electron chi connectivity index (χ0n) is 7.17. The molecule has 0 bridgehead atoms. The molecule has 1 rings (SSSR count). The number of hydrogen-bond acceptors (Lipinski definition) is 5. The van der Waals surface area contributed by atoms with Gasteiger partial charge in [0.15, 0.2) is 0 Å². The van der Waals surface area contributed by atoms with E-state index in [-0.39, 0.29) is 6.61 Å². The van der Waals surface area contributed by atoms with E-state index in [1.165, 1.54) is 6.33 Å². The molecule has 0 aromatic carbocycles. The highest BCUT2D eigenvalue weighted by atomic mass is 32.2. The van der Waals surface area contributed by atoms with Crippen LogP contribution in [0.3, 0.4) is 0 Å². The molecule has 1 heterocycles. The molecule has 0 radical (unpaired) electrons. The average molecular weight is 202 g/mol. The van der Waals surface area contributed by atoms with Crippen molar-refractivity contribution in [3.8, 4) is 0 Å². The van der Waals surface area contributed by atoms with Crippen molar-refractivity contribution in [3.05, 3.63) is 24.3 Å². The summed E-state index contributed by atoms with van der Waals surface area (Å²) in [5.41, 5.74) is 0.853. The zero-order valence-corrected chi connectivity index (χ0v) is 7.99. The smallest absolute Gasteiger partial charge is 0.264 e. The van der Waals surface area contributed by atoms with Gasteiger partial charge in [0.1, 0.15) is 6.33 Å². The molecule has 13 heavy (non-hydrogen) atoms. The number of rotatable bonds is 4. The Morgan fingerprint density at radius 2 is 2.00 bits per heavy atom. The molecule has 0 aliphatic rings. The molecule has 0 saturated carbocycles. The van der Waals surface area contributed by atoms with Crippen molar-refractivity contribution in [1.29, 1.82) is 0 Å². The molecule has 0 aliphatic carbocycles. The molecular formula is C7H10N2O3S. The number of nitrogens with zero attached hydrogens (tertiary/aromatic N) is 2. The molecule has 0 aliphatic heterocycles. The van der Waals surface area contributed by atoms with Crippen molar-refractivity contribution < 1.29 is 12.6 Å². The summed E-state index contributed by atoms with van der Waals surface area (Å²) in [6.45, 7) is 0.131. The minimum atomic E-state index is -3.34. The van der Waals surface area contributed by atoms with Gasteiger partial charge in [-0.2, -0.15) is 8.42 Å². The first kappa shape index (κ1) is 10.1. The van der Waals surface area contributed by atoms with Gasteiger partial charge in [-0.1, -0.05) is 0 Å². The minimum Gasteiger partial charge on any atom is -0.270 e. The van der Waals surface area contributed by atoms with Gasteiger partial charge in [0.05, 0.1) is 12.9 Å². The standard InChI is InChI=1S/C7H10N2O3S/c1-13(10,11)12-3-2-7-4-8-6-9-5-7/h4-6H,2-3H2,1H3. The van der Waals surface area contributed by atoms with Gasteiger partial charge in [0, 0.05) is 18.8 Å². The summed E-state index contributed by atoms with van der Waals surface area (Å²) >= 11 is 0. The largest absolute Gasteiger partial charge is 0.270 e. The Balaban J connectivity index is 2.37. The van der Waals surface area contributed by atoms with Gasteiger partial charge in [-0.25, -0.2) is 9.97 Å². The Bertz CT molecular complexity index is 349. The first-order valence-corrected chi connectivity index (χ1v) is 5.48. The quantitative estimate of drug-likeness (QED) is 0.642. The number of hydrogen-bond donors (Lipinski definition) is 0. The summed E-state index contributed by atoms with van der Waals surface area (Å²) in [6, 6.07) is 0. The minimum absolute atomic E-state index is 0.131. The zero-order chi connectivity index (χ0) is 9.73. The predicted octanol–water partition coefficient (Wildman–Crippen LogP) is -0.00470. The van der Waals surface area contributed by atoms with Gasteiger partial charge in [-0.05, 0) is 5.56 Å². The van der Waals surface area contributed by atoms with Crippen LogP contribution in [0.4, 0.5) is 0 Å². The normalized spacial score (nSPS) is 11.5. The third-order valence-corrected chi connectivity index (χ3v) is 1.90. The molecule has 0 N–H and O–H groups in total. The molecule has 0 fully saturated rings. The van der Waals surface area contributed by atoms with Crippen LogP contribution in [0.1, 0.15) is 5.56 Å². The Labute approximate surface area is 76.9 Å². The van der Waals surface area contributed by atoms with E-state index in [0.29, 0.717) is 6.42 Å². The van der Waals surface area contributed by atoms with Crippen molar-refractivity contribution in [2.45, 2.75) is 6.42 Å². The van der Waals surface area contributed by atoms with Gasteiger partial charge in [0.25, 0.3) is 10.1 Å². The molecule has 5 nitrogen and oxygen atoms in total. The van der Waals surface area contributed by atoms with Crippen molar-refractivity contribution in [2.24, 2.45) is 0 Å². The second kappa shape index (κ2) is 4.29. The van der Waals surface area contributed by atoms with E-state index in [9.17, 15) is 8.42 Å². The maximum atomic E-state index is 10.6. The first-order valence-electron chi connectivity index (χ1n) is 3.66. The van der Waals surface area contributed by atoms with Gasteiger partial charge in [-0.3, -0.25) is 4.18 Å². The predicted molar refractivity (Wildman–Crippen MR) is 46.5 cm³/mol. The van der Waals surface area contributed by atoms with Crippen molar-refractivity contribution >= 4 is 10.1 Å². The van der Waals surface area contributed by atoms with Crippen LogP contribution in [0.5, 0.6) is 0 Å². The Morgan fingerprint density at radius 3 is 2.54 bits per heavy atom. The van der Waals surface area contributed by atoms with Crippen LogP contribution in [-0.2, 0) is 20.7 Å². The summed E-state index contributed by atoms with van der Waals surface area (Å²) in [4.78, 5) is 7.57. The molecule has 1 aromatic rings. The number of aromatic nitrogens is 2. The van der Waals surface area contributed by atoms with Gasteiger partial charge in [0.2, 0.25) is 0 Å². The van der Waals surface area contributed by atoms with Crippen molar-refractivity contribution in [2.75, 3.05) is 12.9 Å². The molecular weight excluding hydrogens is 192 g/mol. The Morgan fingerprint density at radius 1 is 1.38 bits per heavy atom. The van der Waals surface area contributed by atoms with E-state index >= 15 is 0 Å². The summed E-state index contributed by atoms with van der Waals surface area (Å²) in [6.07, 6.45) is 6.18. The van der Waals surface area contributed by atoms with Crippen LogP contribution in [-0.4, -0.2) is 31.2 Å². The second-order valence-electron chi connectivity index (χ2n) is 2.52. The average Bonchev–Trinajstić information content (AvgIpc) is 2.04. The molecule has 6 heteroatoms. The highest BCUT2D eigenvalue weighted by Gasteiger charge is 2.01. The molecule has 0 spiro atoms. The Hall–Kier alpha value is -1.01. The van der Waals surface area contributed by atoms with Crippen LogP contribution in [0.25, 0.3) is 0 Å². The molecule has 72 valence electrons. The van der Waals surface area contributed by atoms with Crippen LogP contribution >= 0.6 is 0 Å². The third kappa shape index (κ3) is 4.54. The highest BCUT2D eigenvalue weighted by Crippen LogP contribution is 1.96. The molecule has 0 amide bonds. The summed E-state index contributed by atoms with van der Waals surface area (Å²) in [5, 5.41) is 0. The maximum Gasteiger partial charge on any atom is 0.264 e. The van der Waals surface area contributed by atoms with E-state index < -0.39 is 10.1 Å². The monoisotopic (exact) mass is 202 g/mol. The highest BCUT2D eigenvalue weighted by molar-refractivity contribution is 7.85. The molecule has 0 atom stereocenters. The van der Waals surface area contributed by atoms with Crippen molar-refractivity contribution in [1.82, 2.24) is 9.97 Å². The van der Waals surface area contributed by atoms with Crippen LogP contribution in [0, 0.1) is 0 Å². The second-order valence-corrected chi connectivity index (χ2v) is 4.17. The first-order chi connectivity index (χ1) is 6.08. The van der Waals surface area contributed by atoms with Crippen molar-refractivity contribution in [3.63, 3.8) is 0 Å². The van der Waals surface area contributed by atoms with E-state index in [1.807, 2.05) is 0 Å². The van der Waals surface area contributed by atoms with E-state index in [1.54, 1.807) is 12.4 Å². The lowest BCUT2D eigenvalue weighted by Crippen LogP contribution is -2.06. The summed E-state index contributed by atoms with van der Waals surface area (Å²) in [5.74, 6) is 0. The lowest BCUT2D eigenvalue weighted by Gasteiger charge is -1.99. The lowest BCUT2D eigenvalue weighted by molar-refractivity contribution is 0.325. The summed E-state index contributed by atoms with van der Waals surface area (Å²) < 4.78 is 25.7. The molecule has 0 saturated heterocycles. The van der Waals surface area contributed by atoms with Gasteiger partial charge >= 0.3 is 0 Å². The van der Waals surface area contributed by atoms with Gasteiger partial charge in [-0.15, -0.1) is 0 Å². The van der Waals surface area contributed by atoms with Crippen LogP contribution < -0.4 is 0 Å². The fourth-order valence-corrected chi connectivity index (χ4v) is 1.16. The SMILES string of the molecule is CS(=O)(=O)OCCc1cncnc1. The molecule has 0 unspecified atom stereocenters. The fourth-order valence-electron chi connectivity index (χ4n) is 0.770. The van der Waals surface area contributed by atoms with Crippen LogP contribution in [0.2, 0.25) is 0 Å². The third-order valence-electron chi connectivity index (χ3n) is 1.30. The van der Waals surface area contributed by atoms with E-state index in [4.69, 9.17) is 0 Å². The van der Waals surface area contributed by atoms with Crippen LogP contribution in [0.15, 0.2) is 18.7 Å². The van der Waals surface area contributed by atoms with Gasteiger partial charge < -0.3 is 0 Å². The maximum absolute atomic E-state index is 10.6. The van der Waals surface area contributed by atoms with E-state index in [0.717, 1.165) is 11.8 Å². The lowest BCUT2D eigenvalue weighted by atomic mass is 10.3. The molecule has 1 aromatic heterocycles. The Kier molecular flexibility index (Phi) is 3.32. The van der Waals surface area contributed by atoms with E-state index in [2.05, 4.69) is 14.2 Å². The topological polar surface area (TPSA) is 69.2 Å². The fraction of sp³-hybridized carbons (Fsp3) is 0.429.